The molecule has 1 aliphatic heterocycles. The van der Waals surface area contributed by atoms with Crippen molar-refractivity contribution in [2.24, 2.45) is 0 Å². The third-order valence-electron chi connectivity index (χ3n) is 3.74. The van der Waals surface area contributed by atoms with Gasteiger partial charge in [-0.05, 0) is 35.9 Å². The highest BCUT2D eigenvalue weighted by Gasteiger charge is 2.19. The van der Waals surface area contributed by atoms with Gasteiger partial charge in [0, 0.05) is 27.8 Å². The number of thioether (sulfide) groups is 1. The summed E-state index contributed by atoms with van der Waals surface area (Å²) in [5.41, 5.74) is 2.98. The zero-order valence-corrected chi connectivity index (χ0v) is 13.0. The van der Waals surface area contributed by atoms with Crippen LogP contribution in [0, 0.1) is 0 Å². The number of aryl methyl sites for hydroxylation is 1. The van der Waals surface area contributed by atoms with Crippen LogP contribution in [0.2, 0.25) is 0 Å². The number of pyridine rings is 1. The monoisotopic (exact) mass is 311 g/mol. The van der Waals surface area contributed by atoms with Gasteiger partial charge in [-0.1, -0.05) is 18.2 Å². The SMILES string of the molecule is O=C(c1cc2c(s1)CCSC2)c1cccc2ncccc12. The highest BCUT2D eigenvalue weighted by atomic mass is 32.2. The minimum absolute atomic E-state index is 0.123. The Morgan fingerprint density at radius 3 is 3.05 bits per heavy atom. The van der Waals surface area contributed by atoms with Crippen molar-refractivity contribution in [1.82, 2.24) is 4.98 Å². The molecule has 0 atom stereocenters. The Kier molecular flexibility index (Phi) is 3.28. The second kappa shape index (κ2) is 5.28. The Bertz CT molecular complexity index is 809. The van der Waals surface area contributed by atoms with Gasteiger partial charge in [0.2, 0.25) is 5.78 Å². The fourth-order valence-electron chi connectivity index (χ4n) is 2.69. The molecule has 4 rings (SSSR count). The molecule has 21 heavy (non-hydrogen) atoms. The molecule has 0 bridgehead atoms. The average Bonchev–Trinajstić information content (AvgIpc) is 2.97. The Morgan fingerprint density at radius 1 is 1.19 bits per heavy atom. The van der Waals surface area contributed by atoms with Crippen molar-refractivity contribution in [2.75, 3.05) is 5.75 Å². The van der Waals surface area contributed by atoms with E-state index in [2.05, 4.69) is 11.1 Å². The molecule has 104 valence electrons. The van der Waals surface area contributed by atoms with Crippen LogP contribution in [0.4, 0.5) is 0 Å². The molecule has 0 spiro atoms. The quantitative estimate of drug-likeness (QED) is 0.660. The van der Waals surface area contributed by atoms with Gasteiger partial charge in [0.05, 0.1) is 10.4 Å². The first kappa shape index (κ1) is 13.0. The Labute approximate surface area is 131 Å². The van der Waals surface area contributed by atoms with Gasteiger partial charge in [-0.15, -0.1) is 11.3 Å². The minimum Gasteiger partial charge on any atom is -0.288 e. The molecule has 0 N–H and O–H groups in total. The third kappa shape index (κ3) is 2.28. The van der Waals surface area contributed by atoms with Gasteiger partial charge < -0.3 is 0 Å². The number of fused-ring (bicyclic) bond motifs is 2. The van der Waals surface area contributed by atoms with E-state index in [1.807, 2.05) is 42.1 Å². The molecular formula is C17H13NOS2. The predicted molar refractivity (Wildman–Crippen MR) is 89.4 cm³/mol. The first-order valence-electron chi connectivity index (χ1n) is 6.91. The van der Waals surface area contributed by atoms with Crippen LogP contribution in [0.15, 0.2) is 42.6 Å². The Balaban J connectivity index is 1.81. The van der Waals surface area contributed by atoms with E-state index in [1.54, 1.807) is 17.5 Å². The number of nitrogens with zero attached hydrogens (tertiary/aromatic N) is 1. The van der Waals surface area contributed by atoms with E-state index in [0.717, 1.165) is 33.5 Å². The van der Waals surface area contributed by atoms with E-state index in [4.69, 9.17) is 0 Å². The summed E-state index contributed by atoms with van der Waals surface area (Å²) < 4.78 is 0. The number of aromatic nitrogens is 1. The Hall–Kier alpha value is -1.65. The summed E-state index contributed by atoms with van der Waals surface area (Å²) in [4.78, 5) is 19.4. The van der Waals surface area contributed by atoms with E-state index in [1.165, 1.54) is 16.2 Å². The van der Waals surface area contributed by atoms with Crippen LogP contribution in [0.25, 0.3) is 10.9 Å². The van der Waals surface area contributed by atoms with Gasteiger partial charge in [-0.3, -0.25) is 9.78 Å². The number of hydrogen-bond donors (Lipinski definition) is 0. The first-order valence-corrected chi connectivity index (χ1v) is 8.88. The number of hydrogen-bond acceptors (Lipinski definition) is 4. The van der Waals surface area contributed by atoms with Crippen molar-refractivity contribution in [3.63, 3.8) is 0 Å². The van der Waals surface area contributed by atoms with E-state index < -0.39 is 0 Å². The molecule has 0 radical (unpaired) electrons. The van der Waals surface area contributed by atoms with Gasteiger partial charge >= 0.3 is 0 Å². The van der Waals surface area contributed by atoms with Crippen molar-refractivity contribution in [3.8, 4) is 0 Å². The number of carbonyl (C=O) groups excluding carboxylic acids is 1. The average molecular weight is 311 g/mol. The van der Waals surface area contributed by atoms with Crippen LogP contribution in [0.1, 0.15) is 25.7 Å². The zero-order chi connectivity index (χ0) is 14.2. The van der Waals surface area contributed by atoms with E-state index >= 15 is 0 Å². The van der Waals surface area contributed by atoms with Crippen LogP contribution in [-0.4, -0.2) is 16.5 Å². The summed E-state index contributed by atoms with van der Waals surface area (Å²) in [5.74, 6) is 2.33. The summed E-state index contributed by atoms with van der Waals surface area (Å²) in [7, 11) is 0. The summed E-state index contributed by atoms with van der Waals surface area (Å²) in [6.07, 6.45) is 2.85. The lowest BCUT2D eigenvalue weighted by atomic mass is 10.0. The minimum atomic E-state index is 0.123. The van der Waals surface area contributed by atoms with Gasteiger partial charge in [-0.25, -0.2) is 0 Å². The summed E-state index contributed by atoms with van der Waals surface area (Å²) in [5, 5.41) is 0.936. The fraction of sp³-hybridized carbons (Fsp3) is 0.176. The molecule has 0 unspecified atom stereocenters. The number of ketones is 1. The lowest BCUT2D eigenvalue weighted by molar-refractivity contribution is 0.104. The van der Waals surface area contributed by atoms with Crippen LogP contribution >= 0.6 is 23.1 Å². The highest BCUT2D eigenvalue weighted by molar-refractivity contribution is 7.98. The largest absolute Gasteiger partial charge is 0.288 e. The molecule has 0 amide bonds. The molecule has 0 aliphatic carbocycles. The molecule has 2 aromatic heterocycles. The van der Waals surface area contributed by atoms with E-state index in [-0.39, 0.29) is 5.78 Å². The molecule has 4 heteroatoms. The molecule has 3 aromatic rings. The molecule has 3 heterocycles. The normalized spacial score (nSPS) is 14.1. The van der Waals surface area contributed by atoms with Crippen LogP contribution in [0.5, 0.6) is 0 Å². The third-order valence-corrected chi connectivity index (χ3v) is 5.99. The summed E-state index contributed by atoms with van der Waals surface area (Å²) in [6.45, 7) is 0. The lowest BCUT2D eigenvalue weighted by Gasteiger charge is -2.08. The van der Waals surface area contributed by atoms with E-state index in [0.29, 0.717) is 0 Å². The second-order valence-corrected chi connectivity index (χ2v) is 7.31. The van der Waals surface area contributed by atoms with Gasteiger partial charge in [0.25, 0.3) is 0 Å². The molecule has 0 saturated heterocycles. The second-order valence-electron chi connectivity index (χ2n) is 5.07. The lowest BCUT2D eigenvalue weighted by Crippen LogP contribution is -2.00. The van der Waals surface area contributed by atoms with Gasteiger partial charge in [0.15, 0.2) is 0 Å². The molecule has 0 fully saturated rings. The van der Waals surface area contributed by atoms with Gasteiger partial charge in [0.1, 0.15) is 0 Å². The zero-order valence-electron chi connectivity index (χ0n) is 11.3. The molecule has 1 aliphatic rings. The van der Waals surface area contributed by atoms with Crippen LogP contribution in [0.3, 0.4) is 0 Å². The van der Waals surface area contributed by atoms with E-state index in [9.17, 15) is 4.79 Å². The maximum Gasteiger partial charge on any atom is 0.203 e. The molecule has 2 nitrogen and oxygen atoms in total. The number of rotatable bonds is 2. The van der Waals surface area contributed by atoms with Crippen molar-refractivity contribution in [2.45, 2.75) is 12.2 Å². The van der Waals surface area contributed by atoms with Gasteiger partial charge in [-0.2, -0.15) is 11.8 Å². The van der Waals surface area contributed by atoms with Crippen molar-refractivity contribution < 1.29 is 4.79 Å². The van der Waals surface area contributed by atoms with Crippen molar-refractivity contribution in [3.05, 3.63) is 63.5 Å². The van der Waals surface area contributed by atoms with Crippen LogP contribution < -0.4 is 0 Å². The molecule has 0 saturated carbocycles. The molecule has 1 aromatic carbocycles. The standard InChI is InChI=1S/C17H13NOS2/c19-17(16-9-11-10-20-8-6-15(11)21-16)13-3-1-5-14-12(13)4-2-7-18-14/h1-5,7,9H,6,8,10H2. The summed E-state index contributed by atoms with van der Waals surface area (Å²) >= 11 is 3.61. The fourth-order valence-corrected chi connectivity index (χ4v) is 5.02. The predicted octanol–water partition coefficient (Wildman–Crippen LogP) is 4.32. The maximum atomic E-state index is 12.9. The first-order chi connectivity index (χ1) is 10.3. The van der Waals surface area contributed by atoms with Crippen LogP contribution in [-0.2, 0) is 12.2 Å². The van der Waals surface area contributed by atoms with Crippen molar-refractivity contribution in [1.29, 1.82) is 0 Å². The van der Waals surface area contributed by atoms with Crippen molar-refractivity contribution >= 4 is 39.8 Å². The molecular weight excluding hydrogens is 298 g/mol. The summed E-state index contributed by atoms with van der Waals surface area (Å²) in [6, 6.07) is 11.7. The maximum absolute atomic E-state index is 12.9. The Morgan fingerprint density at radius 2 is 2.14 bits per heavy atom. The number of carbonyl (C=O) groups is 1. The topological polar surface area (TPSA) is 30.0 Å². The smallest absolute Gasteiger partial charge is 0.203 e. The number of thiophene rings is 1. The number of benzene rings is 1. The highest BCUT2D eigenvalue weighted by Crippen LogP contribution is 2.33.